The van der Waals surface area contributed by atoms with Gasteiger partial charge in [-0.3, -0.25) is 14.5 Å². The molecule has 2 N–H and O–H groups in total. The van der Waals surface area contributed by atoms with Gasteiger partial charge in [-0.2, -0.15) is 0 Å². The van der Waals surface area contributed by atoms with Gasteiger partial charge in [-0.1, -0.05) is 45.2 Å². The first-order chi connectivity index (χ1) is 20.3. The van der Waals surface area contributed by atoms with Crippen molar-refractivity contribution < 1.29 is 18.8 Å². The minimum Gasteiger partial charge on any atom is -0.351 e. The van der Waals surface area contributed by atoms with E-state index in [1.807, 2.05) is 30.6 Å². The van der Waals surface area contributed by atoms with Gasteiger partial charge >= 0.3 is 6.03 Å². The summed E-state index contributed by atoms with van der Waals surface area (Å²) in [5.74, 6) is 0.356. The van der Waals surface area contributed by atoms with Gasteiger partial charge in [-0.05, 0) is 83.0 Å². The summed E-state index contributed by atoms with van der Waals surface area (Å²) < 4.78 is 13.7. The number of piperazine rings is 1. The maximum absolute atomic E-state index is 14.1. The van der Waals surface area contributed by atoms with Crippen molar-refractivity contribution >= 4 is 17.8 Å². The van der Waals surface area contributed by atoms with Crippen molar-refractivity contribution in [1.82, 2.24) is 25.3 Å². The molecule has 1 aromatic carbocycles. The van der Waals surface area contributed by atoms with E-state index in [2.05, 4.69) is 36.4 Å². The standard InChI is InChI=1S/C34H54FN5O3/c1-24(2)29-23-40(21-20-38(29)6)32(43)36-28(22-25-12-14-27(35)15-13-25)30(41)39-18-16-34(17-19-39,26-10-8-7-9-11-26)31(42)37-33(3,4)5/h12-15,24,26,28-29H,7-11,16-23H2,1-6H3,(H,36,43)(H,37,42)/t28-,29-/m1/s1. The summed E-state index contributed by atoms with van der Waals surface area (Å²) in [6, 6.07) is 5.36. The molecule has 1 aromatic rings. The Hall–Kier alpha value is -2.68. The van der Waals surface area contributed by atoms with E-state index < -0.39 is 11.5 Å². The van der Waals surface area contributed by atoms with Gasteiger partial charge in [0.15, 0.2) is 0 Å². The molecule has 2 heterocycles. The number of nitrogens with zero attached hydrogens (tertiary/aromatic N) is 3. The molecule has 2 atom stereocenters. The lowest BCUT2D eigenvalue weighted by Crippen LogP contribution is -2.61. The summed E-state index contributed by atoms with van der Waals surface area (Å²) in [5.41, 5.74) is -0.0171. The second-order valence-electron chi connectivity index (χ2n) is 14.6. The van der Waals surface area contributed by atoms with Crippen LogP contribution < -0.4 is 10.6 Å². The van der Waals surface area contributed by atoms with E-state index in [0.717, 1.165) is 37.8 Å². The first-order valence-electron chi connectivity index (χ1n) is 16.4. The molecule has 2 aliphatic heterocycles. The van der Waals surface area contributed by atoms with Crippen molar-refractivity contribution in [2.45, 2.75) is 104 Å². The van der Waals surface area contributed by atoms with E-state index in [9.17, 15) is 18.8 Å². The number of benzene rings is 1. The van der Waals surface area contributed by atoms with Crippen molar-refractivity contribution in [3.63, 3.8) is 0 Å². The molecule has 0 unspecified atom stereocenters. The van der Waals surface area contributed by atoms with Crippen LogP contribution >= 0.6 is 0 Å². The summed E-state index contributed by atoms with van der Waals surface area (Å²) in [6.45, 7) is 13.3. The van der Waals surface area contributed by atoms with Gasteiger partial charge in [0.2, 0.25) is 11.8 Å². The zero-order valence-corrected chi connectivity index (χ0v) is 27.3. The molecule has 3 aliphatic rings. The second-order valence-corrected chi connectivity index (χ2v) is 14.6. The van der Waals surface area contributed by atoms with Crippen molar-refractivity contribution in [3.8, 4) is 0 Å². The number of hydrogen-bond acceptors (Lipinski definition) is 4. The maximum Gasteiger partial charge on any atom is 0.318 e. The lowest BCUT2D eigenvalue weighted by atomic mass is 9.63. The van der Waals surface area contributed by atoms with Crippen molar-refractivity contribution in [2.24, 2.45) is 17.3 Å². The van der Waals surface area contributed by atoms with Gasteiger partial charge in [0.25, 0.3) is 0 Å². The van der Waals surface area contributed by atoms with Gasteiger partial charge < -0.3 is 20.4 Å². The number of carbonyl (C=O) groups is 3. The van der Waals surface area contributed by atoms with Crippen molar-refractivity contribution in [2.75, 3.05) is 39.8 Å². The fraction of sp³-hybridized carbons (Fsp3) is 0.735. The summed E-state index contributed by atoms with van der Waals surface area (Å²) in [6.07, 6.45) is 7.14. The Bertz CT molecular complexity index is 1100. The number of carbonyl (C=O) groups excluding carboxylic acids is 3. The third-order valence-electron chi connectivity index (χ3n) is 10.00. The van der Waals surface area contributed by atoms with Gasteiger partial charge in [0.05, 0.1) is 5.41 Å². The molecule has 4 amide bonds. The number of piperidine rings is 1. The van der Waals surface area contributed by atoms with Crippen LogP contribution in [0, 0.1) is 23.1 Å². The van der Waals surface area contributed by atoms with Crippen LogP contribution in [0.5, 0.6) is 0 Å². The molecule has 240 valence electrons. The molecule has 0 radical (unpaired) electrons. The lowest BCUT2D eigenvalue weighted by molar-refractivity contribution is -0.147. The number of amides is 4. The topological polar surface area (TPSA) is 85.0 Å². The zero-order valence-electron chi connectivity index (χ0n) is 27.3. The van der Waals surface area contributed by atoms with Crippen LogP contribution in [0.4, 0.5) is 9.18 Å². The first kappa shape index (κ1) is 33.2. The molecule has 9 heteroatoms. The van der Waals surface area contributed by atoms with E-state index >= 15 is 0 Å². The molecule has 1 saturated carbocycles. The SMILES string of the molecule is CC(C)[C@H]1CN(C(=O)N[C@H](Cc2ccc(F)cc2)C(=O)N2CCC(C(=O)NC(C)(C)C)(C3CCCCC3)CC2)CCN1C. The number of rotatable bonds is 7. The van der Waals surface area contributed by atoms with E-state index in [0.29, 0.717) is 50.9 Å². The number of nitrogens with one attached hydrogen (secondary N) is 2. The van der Waals surface area contributed by atoms with Gasteiger partial charge in [0.1, 0.15) is 11.9 Å². The molecule has 0 spiro atoms. The van der Waals surface area contributed by atoms with Crippen LogP contribution in [0.1, 0.15) is 85.1 Å². The average Bonchev–Trinajstić information content (AvgIpc) is 2.97. The van der Waals surface area contributed by atoms with Gasteiger partial charge in [-0.25, -0.2) is 9.18 Å². The predicted molar refractivity (Wildman–Crippen MR) is 168 cm³/mol. The average molecular weight is 600 g/mol. The third-order valence-corrected chi connectivity index (χ3v) is 10.00. The molecule has 0 bridgehead atoms. The predicted octanol–water partition coefficient (Wildman–Crippen LogP) is 4.82. The maximum atomic E-state index is 14.1. The minimum absolute atomic E-state index is 0.116. The quantitative estimate of drug-likeness (QED) is 0.471. The van der Waals surface area contributed by atoms with E-state index in [-0.39, 0.29) is 41.7 Å². The molecule has 2 saturated heterocycles. The Morgan fingerprint density at radius 2 is 1.58 bits per heavy atom. The molecular formula is C34H54FN5O3. The van der Waals surface area contributed by atoms with E-state index in [1.165, 1.54) is 18.6 Å². The van der Waals surface area contributed by atoms with Crippen LogP contribution in [0.15, 0.2) is 24.3 Å². The number of halogens is 1. The van der Waals surface area contributed by atoms with Crippen molar-refractivity contribution in [1.29, 1.82) is 0 Å². The fourth-order valence-electron chi connectivity index (χ4n) is 7.39. The lowest BCUT2D eigenvalue weighted by Gasteiger charge is -2.48. The van der Waals surface area contributed by atoms with E-state index in [1.54, 1.807) is 12.1 Å². The Balaban J connectivity index is 1.50. The molecule has 4 rings (SSSR count). The minimum atomic E-state index is -0.777. The van der Waals surface area contributed by atoms with Gasteiger partial charge in [-0.15, -0.1) is 0 Å². The third kappa shape index (κ3) is 8.28. The Labute approximate surface area is 258 Å². The largest absolute Gasteiger partial charge is 0.351 e. The highest BCUT2D eigenvalue weighted by molar-refractivity contribution is 5.88. The number of hydrogen-bond donors (Lipinski definition) is 2. The molecule has 0 aromatic heterocycles. The van der Waals surface area contributed by atoms with Gasteiger partial charge in [0, 0.05) is 50.7 Å². The van der Waals surface area contributed by atoms with Crippen LogP contribution in [-0.2, 0) is 16.0 Å². The molecular weight excluding hydrogens is 545 g/mol. The van der Waals surface area contributed by atoms with Crippen LogP contribution in [0.25, 0.3) is 0 Å². The Kier molecular flexibility index (Phi) is 10.8. The highest BCUT2D eigenvalue weighted by atomic mass is 19.1. The zero-order chi connectivity index (χ0) is 31.4. The second kappa shape index (κ2) is 14.0. The summed E-state index contributed by atoms with van der Waals surface area (Å²) in [4.78, 5) is 47.4. The summed E-state index contributed by atoms with van der Waals surface area (Å²) in [5, 5.41) is 6.33. The Morgan fingerprint density at radius 3 is 2.16 bits per heavy atom. The number of likely N-dealkylation sites (N-methyl/N-ethyl adjacent to an activating group) is 1. The summed E-state index contributed by atoms with van der Waals surface area (Å²) in [7, 11) is 2.09. The fourth-order valence-corrected chi connectivity index (χ4v) is 7.39. The van der Waals surface area contributed by atoms with Crippen LogP contribution in [0.3, 0.4) is 0 Å². The highest BCUT2D eigenvalue weighted by Crippen LogP contribution is 2.46. The first-order valence-corrected chi connectivity index (χ1v) is 16.4. The van der Waals surface area contributed by atoms with Crippen molar-refractivity contribution in [3.05, 3.63) is 35.6 Å². The highest BCUT2D eigenvalue weighted by Gasteiger charge is 2.49. The normalized spacial score (nSPS) is 22.7. The monoisotopic (exact) mass is 599 g/mol. The van der Waals surface area contributed by atoms with Crippen LogP contribution in [0.2, 0.25) is 0 Å². The molecule has 43 heavy (non-hydrogen) atoms. The number of likely N-dealkylation sites (tertiary alicyclic amines) is 1. The smallest absolute Gasteiger partial charge is 0.318 e. The van der Waals surface area contributed by atoms with E-state index in [4.69, 9.17) is 0 Å². The molecule has 8 nitrogen and oxygen atoms in total. The number of urea groups is 1. The summed E-state index contributed by atoms with van der Waals surface area (Å²) >= 11 is 0. The van der Waals surface area contributed by atoms with Crippen LogP contribution in [-0.4, -0.2) is 89.9 Å². The molecule has 3 fully saturated rings. The molecule has 1 aliphatic carbocycles. The Morgan fingerprint density at radius 1 is 0.953 bits per heavy atom.